The Balaban J connectivity index is 1.45. The smallest absolute Gasteiger partial charge is 0.137 e. The van der Waals surface area contributed by atoms with Crippen LogP contribution in [0.3, 0.4) is 0 Å². The van der Waals surface area contributed by atoms with Gasteiger partial charge < -0.3 is 9.64 Å². The lowest BCUT2D eigenvalue weighted by Gasteiger charge is -2.34. The largest absolute Gasteiger partial charge is 0.376 e. The van der Waals surface area contributed by atoms with Gasteiger partial charge in [-0.15, -0.1) is 0 Å². The molecular formula is C26H31N5O. The minimum absolute atomic E-state index is 0.244. The normalized spacial score (nSPS) is 18.5. The maximum absolute atomic E-state index is 6.00. The monoisotopic (exact) mass is 429 g/mol. The third kappa shape index (κ3) is 4.97. The second-order valence-electron chi connectivity index (χ2n) is 8.80. The van der Waals surface area contributed by atoms with Gasteiger partial charge in [0.2, 0.25) is 0 Å². The van der Waals surface area contributed by atoms with Crippen LogP contribution in [0.1, 0.15) is 41.2 Å². The number of hydrogen-bond acceptors (Lipinski definition) is 6. The summed E-state index contributed by atoms with van der Waals surface area (Å²) in [5.41, 5.74) is 4.84. The summed E-state index contributed by atoms with van der Waals surface area (Å²) in [4.78, 5) is 19.3. The average molecular weight is 430 g/mol. The zero-order chi connectivity index (χ0) is 21.8. The molecule has 1 fully saturated rings. The number of fused-ring (bicyclic) bond motifs is 1. The van der Waals surface area contributed by atoms with Gasteiger partial charge in [0.05, 0.1) is 24.0 Å². The fourth-order valence-corrected chi connectivity index (χ4v) is 4.76. The standard InChI is InChI=1S/C26H31N5O/c1-20-28-25-12-14-30(16-21-8-3-2-4-9-21)19-24(25)26(29-20)31(18-23-11-7-15-32-23)17-22-10-5-6-13-27-22/h2-6,8-10,13,23H,7,11-12,14-19H2,1H3/t23-/m0/s1. The summed E-state index contributed by atoms with van der Waals surface area (Å²) in [7, 11) is 0. The Kier molecular flexibility index (Phi) is 6.41. The molecule has 5 rings (SSSR count). The lowest BCUT2D eigenvalue weighted by Crippen LogP contribution is -2.37. The first-order chi connectivity index (χ1) is 15.7. The molecule has 0 saturated carbocycles. The van der Waals surface area contributed by atoms with E-state index in [1.165, 1.54) is 16.8 Å². The Bertz CT molecular complexity index is 1020. The van der Waals surface area contributed by atoms with Gasteiger partial charge in [-0.1, -0.05) is 36.4 Å². The first-order valence-electron chi connectivity index (χ1n) is 11.6. The molecule has 6 heteroatoms. The Labute approximate surface area is 190 Å². The van der Waals surface area contributed by atoms with Gasteiger partial charge in [-0.05, 0) is 37.5 Å². The van der Waals surface area contributed by atoms with Crippen LogP contribution in [-0.4, -0.2) is 45.7 Å². The molecule has 0 spiro atoms. The van der Waals surface area contributed by atoms with Crippen LogP contribution in [0, 0.1) is 6.92 Å². The topological polar surface area (TPSA) is 54.4 Å². The molecule has 1 aromatic carbocycles. The number of benzene rings is 1. The van der Waals surface area contributed by atoms with Crippen molar-refractivity contribution in [3.8, 4) is 0 Å². The number of hydrogen-bond donors (Lipinski definition) is 0. The minimum Gasteiger partial charge on any atom is -0.376 e. The highest BCUT2D eigenvalue weighted by Crippen LogP contribution is 2.29. The number of nitrogens with zero attached hydrogens (tertiary/aromatic N) is 5. The Morgan fingerprint density at radius 3 is 2.75 bits per heavy atom. The van der Waals surface area contributed by atoms with Crippen LogP contribution in [0.15, 0.2) is 54.7 Å². The van der Waals surface area contributed by atoms with Crippen molar-refractivity contribution < 1.29 is 4.74 Å². The number of ether oxygens (including phenoxy) is 1. The quantitative estimate of drug-likeness (QED) is 0.567. The van der Waals surface area contributed by atoms with Crippen molar-refractivity contribution in [2.45, 2.75) is 51.9 Å². The SMILES string of the molecule is Cc1nc2c(c(N(Cc3ccccn3)C[C@@H]3CCCO3)n1)CN(Cc1ccccc1)CC2. The van der Waals surface area contributed by atoms with E-state index < -0.39 is 0 Å². The number of rotatable bonds is 7. The van der Waals surface area contributed by atoms with Crippen molar-refractivity contribution >= 4 is 5.82 Å². The number of pyridine rings is 1. The van der Waals surface area contributed by atoms with Gasteiger partial charge in [-0.3, -0.25) is 9.88 Å². The number of aryl methyl sites for hydroxylation is 1. The highest BCUT2D eigenvalue weighted by molar-refractivity contribution is 5.51. The van der Waals surface area contributed by atoms with E-state index in [4.69, 9.17) is 14.7 Å². The molecule has 0 unspecified atom stereocenters. The first-order valence-corrected chi connectivity index (χ1v) is 11.6. The van der Waals surface area contributed by atoms with E-state index in [1.807, 2.05) is 19.2 Å². The fourth-order valence-electron chi connectivity index (χ4n) is 4.76. The average Bonchev–Trinajstić information content (AvgIpc) is 3.33. The minimum atomic E-state index is 0.244. The van der Waals surface area contributed by atoms with Gasteiger partial charge >= 0.3 is 0 Å². The predicted molar refractivity (Wildman–Crippen MR) is 125 cm³/mol. The summed E-state index contributed by atoms with van der Waals surface area (Å²) in [6.07, 6.45) is 5.30. The van der Waals surface area contributed by atoms with E-state index in [2.05, 4.69) is 57.2 Å². The molecule has 4 heterocycles. The second kappa shape index (κ2) is 9.76. The number of anilines is 1. The van der Waals surface area contributed by atoms with Gasteiger partial charge in [0.15, 0.2) is 0 Å². The van der Waals surface area contributed by atoms with Crippen molar-refractivity contribution in [2.75, 3.05) is 24.6 Å². The van der Waals surface area contributed by atoms with Gasteiger partial charge in [0.1, 0.15) is 11.6 Å². The molecule has 1 saturated heterocycles. The highest BCUT2D eigenvalue weighted by atomic mass is 16.5. The van der Waals surface area contributed by atoms with Crippen LogP contribution in [0.2, 0.25) is 0 Å². The van der Waals surface area contributed by atoms with Crippen LogP contribution in [0.25, 0.3) is 0 Å². The molecule has 0 amide bonds. The second-order valence-corrected chi connectivity index (χ2v) is 8.80. The predicted octanol–water partition coefficient (Wildman–Crippen LogP) is 3.92. The van der Waals surface area contributed by atoms with E-state index in [0.717, 1.165) is 75.9 Å². The Morgan fingerprint density at radius 2 is 1.97 bits per heavy atom. The molecule has 166 valence electrons. The van der Waals surface area contributed by atoms with Crippen molar-refractivity contribution in [3.05, 3.63) is 83.1 Å². The van der Waals surface area contributed by atoms with E-state index >= 15 is 0 Å². The summed E-state index contributed by atoms with van der Waals surface area (Å²) in [6.45, 7) is 7.24. The molecule has 32 heavy (non-hydrogen) atoms. The van der Waals surface area contributed by atoms with E-state index in [-0.39, 0.29) is 6.10 Å². The fraction of sp³-hybridized carbons (Fsp3) is 0.423. The van der Waals surface area contributed by atoms with Crippen LogP contribution < -0.4 is 4.90 Å². The molecule has 0 N–H and O–H groups in total. The molecule has 2 aliphatic rings. The Hall–Kier alpha value is -2.83. The van der Waals surface area contributed by atoms with Crippen molar-refractivity contribution in [3.63, 3.8) is 0 Å². The van der Waals surface area contributed by atoms with Crippen LogP contribution >= 0.6 is 0 Å². The molecule has 2 aliphatic heterocycles. The van der Waals surface area contributed by atoms with E-state index in [9.17, 15) is 0 Å². The summed E-state index contributed by atoms with van der Waals surface area (Å²) in [6, 6.07) is 16.8. The molecule has 3 aromatic rings. The van der Waals surface area contributed by atoms with E-state index in [1.54, 1.807) is 0 Å². The molecule has 0 aliphatic carbocycles. The van der Waals surface area contributed by atoms with Crippen LogP contribution in [0.5, 0.6) is 0 Å². The third-order valence-electron chi connectivity index (χ3n) is 6.30. The summed E-state index contributed by atoms with van der Waals surface area (Å²) in [5, 5.41) is 0. The van der Waals surface area contributed by atoms with Crippen LogP contribution in [0.4, 0.5) is 5.82 Å². The maximum atomic E-state index is 6.00. The maximum Gasteiger partial charge on any atom is 0.137 e. The lowest BCUT2D eigenvalue weighted by atomic mass is 10.0. The van der Waals surface area contributed by atoms with Crippen molar-refractivity contribution in [2.24, 2.45) is 0 Å². The first kappa shape index (κ1) is 21.0. The molecule has 6 nitrogen and oxygen atoms in total. The summed E-state index contributed by atoms with van der Waals surface area (Å²) < 4.78 is 6.00. The molecule has 0 radical (unpaired) electrons. The van der Waals surface area contributed by atoms with Crippen molar-refractivity contribution in [1.82, 2.24) is 19.9 Å². The molecule has 1 atom stereocenters. The zero-order valence-corrected chi connectivity index (χ0v) is 18.8. The molecule has 0 bridgehead atoms. The zero-order valence-electron chi connectivity index (χ0n) is 18.8. The third-order valence-corrected chi connectivity index (χ3v) is 6.30. The van der Waals surface area contributed by atoms with Crippen LogP contribution in [-0.2, 0) is 30.8 Å². The van der Waals surface area contributed by atoms with Gasteiger partial charge in [-0.2, -0.15) is 0 Å². The van der Waals surface area contributed by atoms with Gasteiger partial charge in [0.25, 0.3) is 0 Å². The Morgan fingerprint density at radius 1 is 1.09 bits per heavy atom. The lowest BCUT2D eigenvalue weighted by molar-refractivity contribution is 0.115. The van der Waals surface area contributed by atoms with Gasteiger partial charge in [-0.25, -0.2) is 9.97 Å². The number of aromatic nitrogens is 3. The van der Waals surface area contributed by atoms with Crippen molar-refractivity contribution in [1.29, 1.82) is 0 Å². The molecule has 2 aromatic heterocycles. The van der Waals surface area contributed by atoms with Gasteiger partial charge in [0, 0.05) is 51.0 Å². The summed E-state index contributed by atoms with van der Waals surface area (Å²) in [5.74, 6) is 1.89. The highest BCUT2D eigenvalue weighted by Gasteiger charge is 2.27. The summed E-state index contributed by atoms with van der Waals surface area (Å²) >= 11 is 0. The van der Waals surface area contributed by atoms with E-state index in [0.29, 0.717) is 0 Å². The molecular weight excluding hydrogens is 398 g/mol.